The average molecular weight is 655 g/mol. The number of aromatic nitrogens is 4. The standard InChI is InChI=1S/C45H26N4O2/c1-3-12-27(13-4-1)43-46-44(28-14-5-2-6-15-28)48-45(47-43)32-18-11-21-40-42(32)35-24-29(22-23-39(35)50-40)49-36-19-9-7-16-30(36)33-26-41-34(25-37(33)49)31-17-8-10-20-38(31)51-41/h1-26H. The van der Waals surface area contributed by atoms with Gasteiger partial charge in [-0.25, -0.2) is 15.0 Å². The zero-order valence-corrected chi connectivity index (χ0v) is 27.1. The van der Waals surface area contributed by atoms with Gasteiger partial charge in [0.25, 0.3) is 0 Å². The van der Waals surface area contributed by atoms with Crippen molar-refractivity contribution in [1.82, 2.24) is 19.5 Å². The maximum Gasteiger partial charge on any atom is 0.164 e. The van der Waals surface area contributed by atoms with E-state index in [1.807, 2.05) is 84.9 Å². The number of para-hydroxylation sites is 2. The second kappa shape index (κ2) is 10.7. The minimum absolute atomic E-state index is 0.590. The van der Waals surface area contributed by atoms with E-state index in [-0.39, 0.29) is 0 Å². The summed E-state index contributed by atoms with van der Waals surface area (Å²) in [7, 11) is 0. The van der Waals surface area contributed by atoms with Crippen LogP contribution in [0.25, 0.3) is 106 Å². The van der Waals surface area contributed by atoms with Crippen LogP contribution in [-0.4, -0.2) is 19.5 Å². The van der Waals surface area contributed by atoms with Crippen LogP contribution >= 0.6 is 0 Å². The van der Waals surface area contributed by atoms with E-state index in [4.69, 9.17) is 23.8 Å². The highest BCUT2D eigenvalue weighted by Gasteiger charge is 2.20. The van der Waals surface area contributed by atoms with Crippen LogP contribution in [0.2, 0.25) is 0 Å². The second-order valence-electron chi connectivity index (χ2n) is 12.8. The zero-order valence-electron chi connectivity index (χ0n) is 27.1. The fourth-order valence-corrected chi connectivity index (χ4v) is 7.53. The van der Waals surface area contributed by atoms with Gasteiger partial charge in [-0.3, -0.25) is 0 Å². The van der Waals surface area contributed by atoms with Crippen molar-refractivity contribution in [2.45, 2.75) is 0 Å². The van der Waals surface area contributed by atoms with E-state index in [1.54, 1.807) is 0 Å². The molecule has 0 saturated heterocycles. The highest BCUT2D eigenvalue weighted by Crippen LogP contribution is 2.41. The Labute approximate surface area is 290 Å². The Hall–Kier alpha value is -7.05. The number of hydrogen-bond donors (Lipinski definition) is 0. The highest BCUT2D eigenvalue weighted by molar-refractivity contribution is 6.18. The number of benzene rings is 7. The lowest BCUT2D eigenvalue weighted by Gasteiger charge is -2.10. The van der Waals surface area contributed by atoms with Gasteiger partial charge in [0.2, 0.25) is 0 Å². The van der Waals surface area contributed by atoms with Gasteiger partial charge >= 0.3 is 0 Å². The van der Waals surface area contributed by atoms with Gasteiger partial charge in [-0.1, -0.05) is 109 Å². The van der Waals surface area contributed by atoms with Crippen molar-refractivity contribution < 1.29 is 8.83 Å². The number of furan rings is 2. The van der Waals surface area contributed by atoms with Crippen molar-refractivity contribution in [1.29, 1.82) is 0 Å². The molecule has 0 spiro atoms. The molecule has 11 aromatic rings. The SMILES string of the molecule is c1ccc(-c2nc(-c3ccccc3)nc(-c3cccc4oc5ccc(-n6c7ccccc7c7cc8oc9ccccc9c8cc76)cc5c34)n2)cc1. The van der Waals surface area contributed by atoms with Crippen LogP contribution in [0.4, 0.5) is 0 Å². The maximum atomic E-state index is 6.49. The van der Waals surface area contributed by atoms with Crippen molar-refractivity contribution in [2.75, 3.05) is 0 Å². The molecular weight excluding hydrogens is 629 g/mol. The summed E-state index contributed by atoms with van der Waals surface area (Å²) in [5.74, 6) is 1.83. The Morgan fingerprint density at radius 3 is 1.78 bits per heavy atom. The quantitative estimate of drug-likeness (QED) is 0.189. The molecule has 6 nitrogen and oxygen atoms in total. The highest BCUT2D eigenvalue weighted by atomic mass is 16.3. The molecule has 238 valence electrons. The molecule has 0 atom stereocenters. The molecule has 11 rings (SSSR count). The summed E-state index contributed by atoms with van der Waals surface area (Å²) in [4.78, 5) is 15.0. The van der Waals surface area contributed by atoms with Gasteiger partial charge in [-0.05, 0) is 48.5 Å². The maximum absolute atomic E-state index is 6.49. The molecule has 7 aromatic carbocycles. The summed E-state index contributed by atoms with van der Waals surface area (Å²) in [6.07, 6.45) is 0. The molecule has 0 amide bonds. The fraction of sp³-hybridized carbons (Fsp3) is 0. The number of nitrogens with zero attached hydrogens (tertiary/aromatic N) is 4. The Balaban J connectivity index is 1.17. The van der Waals surface area contributed by atoms with Crippen molar-refractivity contribution in [3.05, 3.63) is 158 Å². The first-order valence-electron chi connectivity index (χ1n) is 16.9. The predicted octanol–water partition coefficient (Wildman–Crippen LogP) is 11.8. The summed E-state index contributed by atoms with van der Waals surface area (Å²) >= 11 is 0. The van der Waals surface area contributed by atoms with Gasteiger partial charge in [0.1, 0.15) is 22.3 Å². The van der Waals surface area contributed by atoms with Crippen LogP contribution < -0.4 is 0 Å². The van der Waals surface area contributed by atoms with Crippen LogP contribution in [0.5, 0.6) is 0 Å². The first-order chi connectivity index (χ1) is 25.3. The Morgan fingerprint density at radius 2 is 1.00 bits per heavy atom. The van der Waals surface area contributed by atoms with Gasteiger partial charge in [0.15, 0.2) is 17.5 Å². The van der Waals surface area contributed by atoms with Crippen LogP contribution in [0.1, 0.15) is 0 Å². The zero-order chi connectivity index (χ0) is 33.5. The third kappa shape index (κ3) is 4.26. The summed E-state index contributed by atoms with van der Waals surface area (Å²) in [5.41, 5.74) is 9.34. The third-order valence-corrected chi connectivity index (χ3v) is 9.85. The Bertz CT molecular complexity index is 3080. The average Bonchev–Trinajstić information content (AvgIpc) is 3.86. The fourth-order valence-electron chi connectivity index (χ4n) is 7.53. The molecule has 0 saturated carbocycles. The first-order valence-corrected chi connectivity index (χ1v) is 16.9. The topological polar surface area (TPSA) is 69.9 Å². The molecule has 51 heavy (non-hydrogen) atoms. The smallest absolute Gasteiger partial charge is 0.164 e. The Kier molecular flexibility index (Phi) is 5.86. The molecule has 0 aliphatic rings. The third-order valence-electron chi connectivity index (χ3n) is 9.85. The summed E-state index contributed by atoms with van der Waals surface area (Å²) < 4.78 is 15.1. The van der Waals surface area contributed by atoms with Crippen molar-refractivity contribution >= 4 is 65.7 Å². The van der Waals surface area contributed by atoms with Gasteiger partial charge in [-0.2, -0.15) is 0 Å². The number of fused-ring (bicyclic) bond motifs is 9. The van der Waals surface area contributed by atoms with E-state index < -0.39 is 0 Å². The molecule has 0 aliphatic carbocycles. The monoisotopic (exact) mass is 654 g/mol. The summed E-state index contributed by atoms with van der Waals surface area (Å²) in [6.45, 7) is 0. The molecular formula is C45H26N4O2. The van der Waals surface area contributed by atoms with Gasteiger partial charge in [0, 0.05) is 54.7 Å². The van der Waals surface area contributed by atoms with E-state index in [2.05, 4.69) is 77.4 Å². The van der Waals surface area contributed by atoms with E-state index >= 15 is 0 Å². The molecule has 0 N–H and O–H groups in total. The van der Waals surface area contributed by atoms with Crippen molar-refractivity contribution in [3.63, 3.8) is 0 Å². The van der Waals surface area contributed by atoms with Crippen LogP contribution in [0.15, 0.2) is 167 Å². The molecule has 4 heterocycles. The lowest BCUT2D eigenvalue weighted by atomic mass is 10.0. The number of rotatable bonds is 4. The normalized spacial score (nSPS) is 11.9. The molecule has 4 aromatic heterocycles. The Morgan fingerprint density at radius 1 is 0.373 bits per heavy atom. The minimum Gasteiger partial charge on any atom is -0.456 e. The van der Waals surface area contributed by atoms with E-state index in [9.17, 15) is 0 Å². The van der Waals surface area contributed by atoms with Gasteiger partial charge in [0.05, 0.1) is 11.0 Å². The largest absolute Gasteiger partial charge is 0.456 e. The lowest BCUT2D eigenvalue weighted by molar-refractivity contribution is 0.669. The molecule has 0 radical (unpaired) electrons. The molecule has 0 unspecified atom stereocenters. The van der Waals surface area contributed by atoms with Crippen molar-refractivity contribution in [2.24, 2.45) is 0 Å². The van der Waals surface area contributed by atoms with E-state index in [1.165, 1.54) is 5.39 Å². The van der Waals surface area contributed by atoms with Crippen LogP contribution in [-0.2, 0) is 0 Å². The van der Waals surface area contributed by atoms with E-state index in [0.29, 0.717) is 17.5 Å². The summed E-state index contributed by atoms with van der Waals surface area (Å²) in [5, 5.41) is 6.46. The van der Waals surface area contributed by atoms with E-state index in [0.717, 1.165) is 82.7 Å². The minimum atomic E-state index is 0.590. The lowest BCUT2D eigenvalue weighted by Crippen LogP contribution is -2.00. The molecule has 0 fully saturated rings. The van der Waals surface area contributed by atoms with Crippen LogP contribution in [0, 0.1) is 0 Å². The van der Waals surface area contributed by atoms with Crippen LogP contribution in [0.3, 0.4) is 0 Å². The number of hydrogen-bond acceptors (Lipinski definition) is 5. The predicted molar refractivity (Wildman–Crippen MR) is 205 cm³/mol. The van der Waals surface area contributed by atoms with Crippen molar-refractivity contribution in [3.8, 4) is 39.9 Å². The van der Waals surface area contributed by atoms with Gasteiger partial charge in [-0.15, -0.1) is 0 Å². The molecule has 0 aliphatic heterocycles. The first kappa shape index (κ1) is 27.9. The second-order valence-corrected chi connectivity index (χ2v) is 12.8. The van der Waals surface area contributed by atoms with Gasteiger partial charge < -0.3 is 13.4 Å². The summed E-state index contributed by atoms with van der Waals surface area (Å²) in [6, 6.07) is 53.9. The molecule has 0 bridgehead atoms. The molecule has 6 heteroatoms.